The third-order valence-electron chi connectivity index (χ3n) is 1.42. The summed E-state index contributed by atoms with van der Waals surface area (Å²) in [5.74, 6) is -1.00. The Morgan fingerprint density at radius 1 is 1.54 bits per heavy atom. The van der Waals surface area contributed by atoms with Crippen LogP contribution in [0.1, 0.15) is 10.4 Å². The van der Waals surface area contributed by atoms with E-state index in [0.717, 1.165) is 6.34 Å². The van der Waals surface area contributed by atoms with Gasteiger partial charge in [0.05, 0.1) is 11.3 Å². The van der Waals surface area contributed by atoms with Crippen LogP contribution in [0.3, 0.4) is 0 Å². The summed E-state index contributed by atoms with van der Waals surface area (Å²) in [4.78, 5) is 10.7. The maximum absolute atomic E-state index is 10.7. The second kappa shape index (κ2) is 4.10. The zero-order chi connectivity index (χ0) is 9.68. The molecule has 4 N–H and O–H groups in total. The number of carboxylic acids is 1. The van der Waals surface area contributed by atoms with E-state index < -0.39 is 5.97 Å². The van der Waals surface area contributed by atoms with Gasteiger partial charge in [0.2, 0.25) is 0 Å². The zero-order valence-electron chi connectivity index (χ0n) is 6.77. The molecule has 0 fully saturated rings. The van der Waals surface area contributed by atoms with Gasteiger partial charge in [0.25, 0.3) is 0 Å². The third kappa shape index (κ3) is 2.19. The van der Waals surface area contributed by atoms with E-state index in [-0.39, 0.29) is 5.56 Å². The van der Waals surface area contributed by atoms with Crippen LogP contribution in [-0.4, -0.2) is 17.4 Å². The Bertz CT molecular complexity index is 336. The minimum atomic E-state index is -1.00. The molecule has 5 nitrogen and oxygen atoms in total. The number of nitrogens with one attached hydrogen (secondary N) is 1. The third-order valence-corrected chi connectivity index (χ3v) is 1.42. The molecule has 0 spiro atoms. The first kappa shape index (κ1) is 9.05. The van der Waals surface area contributed by atoms with E-state index in [2.05, 4.69) is 10.5 Å². The molecule has 0 amide bonds. The standard InChI is InChI=1S/C8H9N3O2/c9-5-10-11-7-4-2-1-3-6(7)8(12)13/h1-5,11H,(H2,9,10)(H,12,13). The molecule has 0 atom stereocenters. The maximum atomic E-state index is 10.7. The Morgan fingerprint density at radius 2 is 2.23 bits per heavy atom. The lowest BCUT2D eigenvalue weighted by Crippen LogP contribution is -2.03. The first-order valence-corrected chi connectivity index (χ1v) is 3.57. The molecular weight excluding hydrogens is 170 g/mol. The molecule has 0 heterocycles. The summed E-state index contributed by atoms with van der Waals surface area (Å²) < 4.78 is 0. The molecule has 1 aromatic carbocycles. The highest BCUT2D eigenvalue weighted by Gasteiger charge is 2.07. The molecular formula is C8H9N3O2. The normalized spacial score (nSPS) is 10.2. The van der Waals surface area contributed by atoms with Crippen LogP contribution in [0.2, 0.25) is 0 Å². The van der Waals surface area contributed by atoms with Crippen LogP contribution in [0.4, 0.5) is 5.69 Å². The number of carbonyl (C=O) groups is 1. The highest BCUT2D eigenvalue weighted by Crippen LogP contribution is 2.14. The van der Waals surface area contributed by atoms with Crippen molar-refractivity contribution in [3.63, 3.8) is 0 Å². The quantitative estimate of drug-likeness (QED) is 0.362. The fourth-order valence-corrected chi connectivity index (χ4v) is 0.874. The van der Waals surface area contributed by atoms with Crippen molar-refractivity contribution in [2.75, 3.05) is 5.43 Å². The number of hydrogen-bond donors (Lipinski definition) is 3. The first-order chi connectivity index (χ1) is 6.25. The molecule has 0 aliphatic carbocycles. The molecule has 1 rings (SSSR count). The lowest BCUT2D eigenvalue weighted by molar-refractivity contribution is 0.0698. The van der Waals surface area contributed by atoms with E-state index in [1.807, 2.05) is 0 Å². The summed E-state index contributed by atoms with van der Waals surface area (Å²) in [6.45, 7) is 0. The van der Waals surface area contributed by atoms with Gasteiger partial charge in [0.15, 0.2) is 0 Å². The number of nitrogens with two attached hydrogens (primary N) is 1. The molecule has 0 aliphatic rings. The molecule has 0 radical (unpaired) electrons. The summed E-state index contributed by atoms with van der Waals surface area (Å²) in [7, 11) is 0. The van der Waals surface area contributed by atoms with Gasteiger partial charge in [-0.3, -0.25) is 5.43 Å². The highest BCUT2D eigenvalue weighted by atomic mass is 16.4. The average molecular weight is 179 g/mol. The monoisotopic (exact) mass is 179 g/mol. The van der Waals surface area contributed by atoms with Crippen molar-refractivity contribution in [2.45, 2.75) is 0 Å². The molecule has 68 valence electrons. The lowest BCUT2D eigenvalue weighted by atomic mass is 10.2. The number of rotatable bonds is 3. The van der Waals surface area contributed by atoms with Gasteiger partial charge in [-0.15, -0.1) is 0 Å². The van der Waals surface area contributed by atoms with Gasteiger partial charge in [0.1, 0.15) is 6.34 Å². The molecule has 0 bridgehead atoms. The molecule has 0 saturated heterocycles. The molecule has 0 aliphatic heterocycles. The number of nitrogens with zero attached hydrogens (tertiary/aromatic N) is 1. The predicted molar refractivity (Wildman–Crippen MR) is 49.7 cm³/mol. The largest absolute Gasteiger partial charge is 0.478 e. The van der Waals surface area contributed by atoms with Crippen LogP contribution < -0.4 is 11.2 Å². The number of anilines is 1. The second-order valence-electron chi connectivity index (χ2n) is 2.24. The second-order valence-corrected chi connectivity index (χ2v) is 2.24. The van der Waals surface area contributed by atoms with Gasteiger partial charge in [-0.05, 0) is 12.1 Å². The van der Waals surface area contributed by atoms with E-state index in [0.29, 0.717) is 5.69 Å². The SMILES string of the molecule is NC=NNc1ccccc1C(=O)O. The van der Waals surface area contributed by atoms with Crippen LogP contribution in [0.5, 0.6) is 0 Å². The smallest absolute Gasteiger partial charge is 0.337 e. The highest BCUT2D eigenvalue weighted by molar-refractivity contribution is 5.94. The summed E-state index contributed by atoms with van der Waals surface area (Å²) in [5.41, 5.74) is 8.08. The topological polar surface area (TPSA) is 87.7 Å². The van der Waals surface area contributed by atoms with Crippen molar-refractivity contribution < 1.29 is 9.90 Å². The van der Waals surface area contributed by atoms with Crippen molar-refractivity contribution in [1.82, 2.24) is 0 Å². The summed E-state index contributed by atoms with van der Waals surface area (Å²) in [6.07, 6.45) is 1.05. The Kier molecular flexibility index (Phi) is 2.86. The summed E-state index contributed by atoms with van der Waals surface area (Å²) in [6, 6.07) is 6.44. The maximum Gasteiger partial charge on any atom is 0.337 e. The van der Waals surface area contributed by atoms with Crippen LogP contribution in [0, 0.1) is 0 Å². The van der Waals surface area contributed by atoms with E-state index >= 15 is 0 Å². The molecule has 13 heavy (non-hydrogen) atoms. The number of hydrazone groups is 1. The average Bonchev–Trinajstić information content (AvgIpc) is 2.15. The van der Waals surface area contributed by atoms with Gasteiger partial charge in [0, 0.05) is 0 Å². The van der Waals surface area contributed by atoms with Gasteiger partial charge in [-0.25, -0.2) is 4.79 Å². The predicted octanol–water partition coefficient (Wildman–Crippen LogP) is 0.699. The Hall–Kier alpha value is -2.04. The summed E-state index contributed by atoms with van der Waals surface area (Å²) in [5, 5.41) is 12.3. The van der Waals surface area contributed by atoms with Crippen molar-refractivity contribution in [3.05, 3.63) is 29.8 Å². The lowest BCUT2D eigenvalue weighted by Gasteiger charge is -2.02. The van der Waals surface area contributed by atoms with Crippen molar-refractivity contribution in [1.29, 1.82) is 0 Å². The number of benzene rings is 1. The van der Waals surface area contributed by atoms with Crippen LogP contribution in [-0.2, 0) is 0 Å². The first-order valence-electron chi connectivity index (χ1n) is 3.57. The van der Waals surface area contributed by atoms with E-state index in [1.54, 1.807) is 18.2 Å². The molecule has 0 saturated carbocycles. The van der Waals surface area contributed by atoms with Crippen molar-refractivity contribution in [2.24, 2.45) is 10.8 Å². The van der Waals surface area contributed by atoms with Crippen molar-refractivity contribution in [3.8, 4) is 0 Å². The fourth-order valence-electron chi connectivity index (χ4n) is 0.874. The number of para-hydroxylation sites is 1. The van der Waals surface area contributed by atoms with Crippen LogP contribution in [0.15, 0.2) is 29.4 Å². The van der Waals surface area contributed by atoms with Gasteiger partial charge >= 0.3 is 5.97 Å². The molecule has 0 unspecified atom stereocenters. The van der Waals surface area contributed by atoms with Crippen LogP contribution >= 0.6 is 0 Å². The van der Waals surface area contributed by atoms with Crippen LogP contribution in [0.25, 0.3) is 0 Å². The Labute approximate surface area is 74.9 Å². The minimum absolute atomic E-state index is 0.160. The van der Waals surface area contributed by atoms with Crippen molar-refractivity contribution >= 4 is 18.0 Å². The summed E-state index contributed by atoms with van der Waals surface area (Å²) >= 11 is 0. The van der Waals surface area contributed by atoms with Gasteiger partial charge in [-0.2, -0.15) is 5.10 Å². The zero-order valence-corrected chi connectivity index (χ0v) is 6.77. The number of hydrogen-bond acceptors (Lipinski definition) is 3. The van der Waals surface area contributed by atoms with Gasteiger partial charge < -0.3 is 10.8 Å². The van der Waals surface area contributed by atoms with E-state index in [1.165, 1.54) is 6.07 Å². The van der Waals surface area contributed by atoms with Gasteiger partial charge in [-0.1, -0.05) is 12.1 Å². The Balaban J connectivity index is 2.97. The molecule has 1 aromatic rings. The minimum Gasteiger partial charge on any atom is -0.478 e. The fraction of sp³-hybridized carbons (Fsp3) is 0. The van der Waals surface area contributed by atoms with E-state index in [9.17, 15) is 4.79 Å². The molecule has 5 heteroatoms. The molecule has 0 aromatic heterocycles. The Morgan fingerprint density at radius 3 is 2.85 bits per heavy atom. The number of aromatic carboxylic acids is 1. The number of carboxylic acid groups (broad SMARTS) is 1. The van der Waals surface area contributed by atoms with E-state index in [4.69, 9.17) is 10.8 Å².